The van der Waals surface area contributed by atoms with Crippen LogP contribution in [0.3, 0.4) is 0 Å². The SMILES string of the molecule is CCCCCCCCC(=O)OCCS.CCC[CH2][SnH]. The van der Waals surface area contributed by atoms with Crippen LogP contribution in [0.15, 0.2) is 0 Å². The van der Waals surface area contributed by atoms with E-state index < -0.39 is 0 Å². The molecule has 0 saturated heterocycles. The van der Waals surface area contributed by atoms with Gasteiger partial charge in [-0.25, -0.2) is 0 Å². The van der Waals surface area contributed by atoms with Gasteiger partial charge in [0.1, 0.15) is 6.61 Å². The number of esters is 1. The van der Waals surface area contributed by atoms with E-state index in [1.54, 1.807) is 0 Å². The molecule has 2 radical (unpaired) electrons. The van der Waals surface area contributed by atoms with Crippen LogP contribution in [0.4, 0.5) is 0 Å². The van der Waals surface area contributed by atoms with Gasteiger partial charge in [0.15, 0.2) is 0 Å². The van der Waals surface area contributed by atoms with Crippen LogP contribution >= 0.6 is 12.6 Å². The van der Waals surface area contributed by atoms with Crippen LogP contribution in [0, 0.1) is 0 Å². The summed E-state index contributed by atoms with van der Waals surface area (Å²) in [5.41, 5.74) is 0. The van der Waals surface area contributed by atoms with Gasteiger partial charge in [-0.15, -0.1) is 0 Å². The first-order chi connectivity index (χ1) is 9.22. The second kappa shape index (κ2) is 20.9. The van der Waals surface area contributed by atoms with Crippen molar-refractivity contribution in [2.75, 3.05) is 12.4 Å². The maximum absolute atomic E-state index is 11.0. The molecular formula is C15H32O2SSn. The van der Waals surface area contributed by atoms with E-state index in [1.807, 2.05) is 0 Å². The fourth-order valence-corrected chi connectivity index (χ4v) is 2.74. The topological polar surface area (TPSA) is 26.3 Å². The molecule has 0 amide bonds. The van der Waals surface area contributed by atoms with Gasteiger partial charge in [0, 0.05) is 12.2 Å². The zero-order valence-electron chi connectivity index (χ0n) is 12.8. The molecule has 0 bridgehead atoms. The van der Waals surface area contributed by atoms with Crippen molar-refractivity contribution in [1.29, 1.82) is 0 Å². The summed E-state index contributed by atoms with van der Waals surface area (Å²) in [5, 5.41) is 0. The van der Waals surface area contributed by atoms with E-state index in [9.17, 15) is 4.79 Å². The van der Waals surface area contributed by atoms with Crippen LogP contribution in [0.25, 0.3) is 0 Å². The Morgan fingerprint density at radius 3 is 2.05 bits per heavy atom. The fraction of sp³-hybridized carbons (Fsp3) is 0.933. The molecule has 0 unspecified atom stereocenters. The zero-order valence-corrected chi connectivity index (χ0v) is 17.0. The van der Waals surface area contributed by atoms with Gasteiger partial charge in [0.2, 0.25) is 0 Å². The second-order valence-corrected chi connectivity index (χ2v) is 6.70. The predicted molar refractivity (Wildman–Crippen MR) is 89.7 cm³/mol. The van der Waals surface area contributed by atoms with Gasteiger partial charge in [0.25, 0.3) is 0 Å². The minimum absolute atomic E-state index is 0.0745. The third-order valence-corrected chi connectivity index (χ3v) is 3.99. The standard InChI is InChI=1S/C11H22O2S.C4H9.Sn.H/c1-2-3-4-5-6-7-8-11(12)13-9-10-14;1-3-4-2;;/h14H,2-10H2,1H3;1,3-4H2,2H3;;. The third kappa shape index (κ3) is 24.1. The van der Waals surface area contributed by atoms with Gasteiger partial charge in [-0.05, 0) is 6.42 Å². The summed E-state index contributed by atoms with van der Waals surface area (Å²) >= 11 is 5.42. The molecule has 0 aliphatic carbocycles. The molecule has 0 fully saturated rings. The van der Waals surface area contributed by atoms with Crippen molar-refractivity contribution in [2.24, 2.45) is 0 Å². The molecule has 0 heterocycles. The molecule has 0 aromatic rings. The predicted octanol–water partition coefficient (Wildman–Crippen LogP) is 4.32. The molecule has 19 heavy (non-hydrogen) atoms. The zero-order chi connectivity index (χ0) is 14.8. The molecule has 0 N–H and O–H groups in total. The van der Waals surface area contributed by atoms with E-state index in [1.165, 1.54) is 65.5 Å². The Hall–Kier alpha value is 0.619. The molecule has 0 rings (SSSR count). The first-order valence-electron chi connectivity index (χ1n) is 7.69. The van der Waals surface area contributed by atoms with Gasteiger partial charge < -0.3 is 4.74 Å². The van der Waals surface area contributed by atoms with E-state index in [0.717, 1.165) is 12.8 Å². The molecule has 2 nitrogen and oxygen atoms in total. The van der Waals surface area contributed by atoms with Crippen LogP contribution in [0.1, 0.15) is 71.6 Å². The van der Waals surface area contributed by atoms with Crippen molar-refractivity contribution in [1.82, 2.24) is 0 Å². The summed E-state index contributed by atoms with van der Waals surface area (Å²) in [5.74, 6) is 0.539. The summed E-state index contributed by atoms with van der Waals surface area (Å²) in [6, 6.07) is 0. The number of carbonyl (C=O) groups excluding carboxylic acids is 1. The van der Waals surface area contributed by atoms with Crippen molar-refractivity contribution < 1.29 is 9.53 Å². The minimum atomic E-state index is -0.0745. The van der Waals surface area contributed by atoms with Gasteiger partial charge in [-0.2, -0.15) is 12.6 Å². The Balaban J connectivity index is 0. The van der Waals surface area contributed by atoms with Crippen LogP contribution < -0.4 is 0 Å². The van der Waals surface area contributed by atoms with Crippen molar-refractivity contribution in [3.05, 3.63) is 0 Å². The summed E-state index contributed by atoms with van der Waals surface area (Å²) in [7, 11) is 0. The number of hydrogen-bond donors (Lipinski definition) is 1. The monoisotopic (exact) mass is 396 g/mol. The number of ether oxygens (including phenoxy) is 1. The van der Waals surface area contributed by atoms with E-state index in [-0.39, 0.29) is 5.97 Å². The summed E-state index contributed by atoms with van der Waals surface area (Å²) in [4.78, 5) is 11.0. The first-order valence-corrected chi connectivity index (χ1v) is 10.7. The Labute approximate surface area is 138 Å². The van der Waals surface area contributed by atoms with E-state index in [4.69, 9.17) is 4.74 Å². The molecule has 0 aromatic heterocycles. The Morgan fingerprint density at radius 2 is 1.58 bits per heavy atom. The average molecular weight is 395 g/mol. The van der Waals surface area contributed by atoms with Crippen molar-refractivity contribution in [3.8, 4) is 0 Å². The van der Waals surface area contributed by atoms with Crippen LogP contribution in [0.5, 0.6) is 0 Å². The normalized spacial score (nSPS) is 9.68. The quantitative estimate of drug-likeness (QED) is 0.244. The van der Waals surface area contributed by atoms with E-state index in [2.05, 4.69) is 26.5 Å². The van der Waals surface area contributed by atoms with Gasteiger partial charge in [-0.1, -0.05) is 39.0 Å². The van der Waals surface area contributed by atoms with Crippen molar-refractivity contribution in [3.63, 3.8) is 0 Å². The van der Waals surface area contributed by atoms with Crippen molar-refractivity contribution >= 4 is 41.1 Å². The fourth-order valence-electron chi connectivity index (χ4n) is 1.49. The first kappa shape index (κ1) is 21.9. The Bertz CT molecular complexity index is 176. The number of thiol groups is 1. The molecular weight excluding hydrogens is 363 g/mol. The molecule has 0 aromatic carbocycles. The second-order valence-electron chi connectivity index (χ2n) is 4.60. The molecule has 0 aliphatic rings. The number of carbonyl (C=O) groups is 1. The van der Waals surface area contributed by atoms with Gasteiger partial charge in [-0.3, -0.25) is 4.79 Å². The number of hydrogen-bond acceptors (Lipinski definition) is 3. The van der Waals surface area contributed by atoms with Crippen LogP contribution in [0.2, 0.25) is 4.44 Å². The van der Waals surface area contributed by atoms with Crippen molar-refractivity contribution in [2.45, 2.75) is 76.1 Å². The molecule has 0 spiro atoms. The summed E-state index contributed by atoms with van der Waals surface area (Å²) in [6.07, 6.45) is 10.6. The number of unbranched alkanes of at least 4 members (excludes halogenated alkanes) is 6. The molecule has 0 saturated carbocycles. The maximum atomic E-state index is 11.0. The summed E-state index contributed by atoms with van der Waals surface area (Å²) in [6.45, 7) is 4.88. The van der Waals surface area contributed by atoms with Gasteiger partial charge in [0.05, 0.1) is 0 Å². The van der Waals surface area contributed by atoms with E-state index >= 15 is 0 Å². The Morgan fingerprint density at radius 1 is 1.00 bits per heavy atom. The summed E-state index contributed by atoms with van der Waals surface area (Å²) < 4.78 is 6.38. The molecule has 114 valence electrons. The molecule has 0 aliphatic heterocycles. The van der Waals surface area contributed by atoms with E-state index in [0.29, 0.717) is 18.8 Å². The van der Waals surface area contributed by atoms with Crippen LogP contribution in [-0.2, 0) is 9.53 Å². The molecule has 4 heteroatoms. The molecule has 0 atom stereocenters. The third-order valence-electron chi connectivity index (χ3n) is 2.65. The van der Waals surface area contributed by atoms with Gasteiger partial charge >= 0.3 is 52.7 Å². The Kier molecular flexibility index (Phi) is 24.1. The number of rotatable bonds is 11. The van der Waals surface area contributed by atoms with Crippen LogP contribution in [-0.4, -0.2) is 40.9 Å². The average Bonchev–Trinajstić information content (AvgIpc) is 2.42.